The molecule has 0 saturated heterocycles. The Labute approximate surface area is 152 Å². The number of hydrogen-bond acceptors (Lipinski definition) is 2. The van der Waals surface area contributed by atoms with Crippen molar-refractivity contribution in [1.82, 2.24) is 4.57 Å². The molecule has 0 radical (unpaired) electrons. The molecule has 0 spiro atoms. The molecule has 1 heterocycles. The van der Waals surface area contributed by atoms with E-state index in [1.165, 1.54) is 5.56 Å². The first-order valence-electron chi connectivity index (χ1n) is 7.90. The summed E-state index contributed by atoms with van der Waals surface area (Å²) in [5.41, 5.74) is 3.36. The standard InChI is InChI=1S/C19H21N2O2.BrH/c1-3-23-19(22)15(2)21-14-20(13-16-9-5-4-6-10-16)17-11-7-8-12-18(17)21;/h4-12,14-15H,3,13H2,1-2H3;1H/q+1;/p-1. The van der Waals surface area contributed by atoms with Crippen molar-refractivity contribution >= 4 is 17.0 Å². The molecule has 5 heteroatoms. The van der Waals surface area contributed by atoms with Crippen molar-refractivity contribution in [3.05, 3.63) is 66.5 Å². The molecule has 0 bridgehead atoms. The topological polar surface area (TPSA) is 35.1 Å². The van der Waals surface area contributed by atoms with Gasteiger partial charge in [-0.1, -0.05) is 42.5 Å². The minimum atomic E-state index is -0.350. The van der Waals surface area contributed by atoms with Gasteiger partial charge in [-0.15, -0.1) is 0 Å². The lowest BCUT2D eigenvalue weighted by molar-refractivity contribution is -0.663. The van der Waals surface area contributed by atoms with Crippen molar-refractivity contribution in [3.63, 3.8) is 0 Å². The Morgan fingerprint density at radius 2 is 1.79 bits per heavy atom. The summed E-state index contributed by atoms with van der Waals surface area (Å²) < 4.78 is 9.31. The summed E-state index contributed by atoms with van der Waals surface area (Å²) in [5.74, 6) is -0.208. The minimum absolute atomic E-state index is 0. The van der Waals surface area contributed by atoms with Crippen LogP contribution in [-0.2, 0) is 16.1 Å². The van der Waals surface area contributed by atoms with Gasteiger partial charge in [0.05, 0.1) is 6.61 Å². The zero-order chi connectivity index (χ0) is 16.2. The van der Waals surface area contributed by atoms with Gasteiger partial charge < -0.3 is 21.7 Å². The number of carbonyl (C=O) groups excluding carboxylic acids is 1. The molecule has 0 amide bonds. The van der Waals surface area contributed by atoms with Crippen LogP contribution >= 0.6 is 0 Å². The van der Waals surface area contributed by atoms with Crippen LogP contribution in [0.1, 0.15) is 25.5 Å². The molecule has 0 saturated carbocycles. The fourth-order valence-electron chi connectivity index (χ4n) is 2.79. The molecule has 0 fully saturated rings. The number of hydrogen-bond donors (Lipinski definition) is 0. The Kier molecular flexibility index (Phi) is 6.15. The fourth-order valence-corrected chi connectivity index (χ4v) is 2.79. The molecule has 126 valence electrons. The number of imidazole rings is 1. The lowest BCUT2D eigenvalue weighted by Gasteiger charge is -2.07. The Bertz CT molecular complexity index is 815. The molecule has 2 aromatic carbocycles. The lowest BCUT2D eigenvalue weighted by Crippen LogP contribution is -3.00. The van der Waals surface area contributed by atoms with E-state index in [1.54, 1.807) is 0 Å². The SMILES string of the molecule is CCOC(=O)C(C)n1c[n+](Cc2ccccc2)c2ccccc21.[Br-]. The van der Waals surface area contributed by atoms with Crippen LogP contribution in [0.3, 0.4) is 0 Å². The number of benzene rings is 2. The third kappa shape index (κ3) is 3.67. The predicted molar refractivity (Wildman–Crippen MR) is 89.0 cm³/mol. The molecule has 1 aromatic heterocycles. The molecule has 0 aliphatic rings. The van der Waals surface area contributed by atoms with Crippen LogP contribution in [0, 0.1) is 0 Å². The average molecular weight is 389 g/mol. The quantitative estimate of drug-likeness (QED) is 0.459. The van der Waals surface area contributed by atoms with Gasteiger partial charge in [0.15, 0.2) is 17.1 Å². The number of fused-ring (bicyclic) bond motifs is 1. The monoisotopic (exact) mass is 388 g/mol. The van der Waals surface area contributed by atoms with Crippen LogP contribution in [0.4, 0.5) is 0 Å². The number of carbonyl (C=O) groups is 1. The highest BCUT2D eigenvalue weighted by atomic mass is 79.9. The number of aromatic nitrogens is 2. The molecule has 3 rings (SSSR count). The largest absolute Gasteiger partial charge is 1.00 e. The maximum atomic E-state index is 12.1. The van der Waals surface area contributed by atoms with Crippen LogP contribution < -0.4 is 21.5 Å². The molecule has 0 aliphatic heterocycles. The number of nitrogens with zero attached hydrogens (tertiary/aromatic N) is 2. The minimum Gasteiger partial charge on any atom is -1.00 e. The summed E-state index contributed by atoms with van der Waals surface area (Å²) in [6.07, 6.45) is 2.00. The lowest BCUT2D eigenvalue weighted by atomic mass is 10.2. The third-order valence-corrected chi connectivity index (χ3v) is 3.97. The Hall–Kier alpha value is -2.14. The summed E-state index contributed by atoms with van der Waals surface area (Å²) in [6.45, 7) is 4.86. The van der Waals surface area contributed by atoms with Crippen LogP contribution in [0.15, 0.2) is 60.9 Å². The predicted octanol–water partition coefficient (Wildman–Crippen LogP) is 0.105. The van der Waals surface area contributed by atoms with Gasteiger partial charge in [-0.2, -0.15) is 0 Å². The number of para-hydroxylation sites is 2. The summed E-state index contributed by atoms with van der Waals surface area (Å²) in [4.78, 5) is 12.1. The summed E-state index contributed by atoms with van der Waals surface area (Å²) in [5, 5.41) is 0. The second-order valence-corrected chi connectivity index (χ2v) is 5.55. The fraction of sp³-hybridized carbons (Fsp3) is 0.263. The first kappa shape index (κ1) is 18.2. The van der Waals surface area contributed by atoms with E-state index >= 15 is 0 Å². The van der Waals surface area contributed by atoms with Crippen molar-refractivity contribution in [1.29, 1.82) is 0 Å². The number of ether oxygens (including phenoxy) is 1. The zero-order valence-corrected chi connectivity index (χ0v) is 15.4. The van der Waals surface area contributed by atoms with Crippen LogP contribution in [-0.4, -0.2) is 17.1 Å². The van der Waals surface area contributed by atoms with E-state index in [0.29, 0.717) is 6.61 Å². The molecule has 0 aliphatic carbocycles. The van der Waals surface area contributed by atoms with E-state index in [0.717, 1.165) is 17.6 Å². The van der Waals surface area contributed by atoms with Gasteiger partial charge in [0.2, 0.25) is 6.33 Å². The van der Waals surface area contributed by atoms with Gasteiger partial charge in [0, 0.05) is 0 Å². The average Bonchev–Trinajstić information content (AvgIpc) is 2.94. The molecule has 4 nitrogen and oxygen atoms in total. The number of halogens is 1. The highest BCUT2D eigenvalue weighted by Crippen LogP contribution is 2.18. The number of rotatable bonds is 5. The molecule has 24 heavy (non-hydrogen) atoms. The van der Waals surface area contributed by atoms with Gasteiger partial charge >= 0.3 is 5.97 Å². The number of esters is 1. The molecule has 3 aromatic rings. The van der Waals surface area contributed by atoms with Gasteiger partial charge in [0.1, 0.15) is 6.54 Å². The second kappa shape index (κ2) is 8.11. The van der Waals surface area contributed by atoms with E-state index in [-0.39, 0.29) is 29.0 Å². The van der Waals surface area contributed by atoms with Crippen molar-refractivity contribution in [2.24, 2.45) is 0 Å². The normalized spacial score (nSPS) is 11.8. The molecule has 1 atom stereocenters. The van der Waals surface area contributed by atoms with Crippen molar-refractivity contribution in [3.8, 4) is 0 Å². The molecular weight excluding hydrogens is 368 g/mol. The van der Waals surface area contributed by atoms with Gasteiger partial charge in [-0.3, -0.25) is 0 Å². The Morgan fingerprint density at radius 1 is 1.12 bits per heavy atom. The van der Waals surface area contributed by atoms with Crippen molar-refractivity contribution in [2.45, 2.75) is 26.4 Å². The molecule has 0 N–H and O–H groups in total. The maximum absolute atomic E-state index is 12.1. The Balaban J connectivity index is 0.00000208. The van der Waals surface area contributed by atoms with Crippen molar-refractivity contribution < 1.29 is 31.1 Å². The van der Waals surface area contributed by atoms with Gasteiger partial charge in [0.25, 0.3) is 0 Å². The van der Waals surface area contributed by atoms with E-state index < -0.39 is 0 Å². The van der Waals surface area contributed by atoms with Gasteiger partial charge in [-0.05, 0) is 31.5 Å². The van der Waals surface area contributed by atoms with E-state index in [4.69, 9.17) is 4.74 Å². The van der Waals surface area contributed by atoms with Crippen LogP contribution in [0.5, 0.6) is 0 Å². The summed E-state index contributed by atoms with van der Waals surface area (Å²) in [7, 11) is 0. The molecule has 1 unspecified atom stereocenters. The first-order valence-corrected chi connectivity index (χ1v) is 7.90. The summed E-state index contributed by atoms with van der Waals surface area (Å²) in [6, 6.07) is 18.1. The summed E-state index contributed by atoms with van der Waals surface area (Å²) >= 11 is 0. The first-order chi connectivity index (χ1) is 11.2. The van der Waals surface area contributed by atoms with E-state index in [9.17, 15) is 4.79 Å². The van der Waals surface area contributed by atoms with Crippen molar-refractivity contribution in [2.75, 3.05) is 6.61 Å². The van der Waals surface area contributed by atoms with E-state index in [1.807, 2.05) is 61.1 Å². The van der Waals surface area contributed by atoms with Crippen LogP contribution in [0.25, 0.3) is 11.0 Å². The second-order valence-electron chi connectivity index (χ2n) is 5.55. The highest BCUT2D eigenvalue weighted by Gasteiger charge is 2.26. The van der Waals surface area contributed by atoms with Gasteiger partial charge in [-0.25, -0.2) is 13.9 Å². The maximum Gasteiger partial charge on any atom is 0.351 e. The molecular formula is C19H21BrN2O2. The van der Waals surface area contributed by atoms with Crippen LogP contribution in [0.2, 0.25) is 0 Å². The van der Waals surface area contributed by atoms with E-state index in [2.05, 4.69) is 22.8 Å². The smallest absolute Gasteiger partial charge is 0.351 e. The zero-order valence-electron chi connectivity index (χ0n) is 13.9. The third-order valence-electron chi connectivity index (χ3n) is 3.97. The Morgan fingerprint density at radius 3 is 2.50 bits per heavy atom. The highest BCUT2D eigenvalue weighted by molar-refractivity contribution is 5.78.